The van der Waals surface area contributed by atoms with Gasteiger partial charge in [0, 0.05) is 19.3 Å². The molecule has 1 aromatic carbocycles. The quantitative estimate of drug-likeness (QED) is 0.750. The number of carbonyl (C=O) groups is 1. The molecule has 3 N–H and O–H groups in total. The van der Waals surface area contributed by atoms with Gasteiger partial charge in [-0.3, -0.25) is 4.79 Å². The van der Waals surface area contributed by atoms with Gasteiger partial charge < -0.3 is 15.7 Å². The first kappa shape index (κ1) is 17.5. The number of nitrogens with one attached hydrogen (secondary N) is 2. The molecule has 0 spiro atoms. The molecule has 124 valence electrons. The summed E-state index contributed by atoms with van der Waals surface area (Å²) in [5.74, 6) is -0.0491. The molecule has 1 aliphatic heterocycles. The number of hydrogen-bond acceptors (Lipinski definition) is 4. The minimum absolute atomic E-state index is 0. The Hall–Kier alpha value is -1.89. The molecule has 2 heterocycles. The van der Waals surface area contributed by atoms with Gasteiger partial charge in [0.2, 0.25) is 5.91 Å². The summed E-state index contributed by atoms with van der Waals surface area (Å²) in [6, 6.07) is 9.63. The third-order valence-electron chi connectivity index (χ3n) is 3.79. The van der Waals surface area contributed by atoms with E-state index in [-0.39, 0.29) is 24.4 Å². The largest absolute Gasteiger partial charge is 0.392 e. The fourth-order valence-corrected chi connectivity index (χ4v) is 2.58. The smallest absolute Gasteiger partial charge is 0.237 e. The molecule has 6 nitrogen and oxygen atoms in total. The van der Waals surface area contributed by atoms with E-state index in [2.05, 4.69) is 15.7 Å². The number of para-hydroxylation sites is 1. The number of hydrogen-bond donors (Lipinski definition) is 3. The summed E-state index contributed by atoms with van der Waals surface area (Å²) in [4.78, 5) is 11.9. The normalized spacial score (nSPS) is 20.0. The Labute approximate surface area is 141 Å². The van der Waals surface area contributed by atoms with Crippen LogP contribution in [0, 0.1) is 0 Å². The zero-order chi connectivity index (χ0) is 15.4. The Morgan fingerprint density at radius 1 is 1.39 bits per heavy atom. The summed E-state index contributed by atoms with van der Waals surface area (Å²) in [5.41, 5.74) is 2.09. The molecule has 0 radical (unpaired) electrons. The maximum Gasteiger partial charge on any atom is 0.237 e. The maximum atomic E-state index is 11.9. The number of aromatic nitrogens is 2. The molecule has 7 heteroatoms. The highest BCUT2D eigenvalue weighted by atomic mass is 35.5. The van der Waals surface area contributed by atoms with Crippen molar-refractivity contribution in [2.45, 2.75) is 25.0 Å². The Balaban J connectivity index is 0.00000192. The summed E-state index contributed by atoms with van der Waals surface area (Å²) in [7, 11) is 0. The third kappa shape index (κ3) is 4.54. The molecular formula is C16H21ClN4O2. The van der Waals surface area contributed by atoms with Crippen LogP contribution in [0.4, 0.5) is 0 Å². The van der Waals surface area contributed by atoms with E-state index in [1.807, 2.05) is 47.4 Å². The van der Waals surface area contributed by atoms with Gasteiger partial charge in [0.25, 0.3) is 0 Å². The molecule has 0 aliphatic carbocycles. The van der Waals surface area contributed by atoms with E-state index in [1.54, 1.807) is 0 Å². The van der Waals surface area contributed by atoms with E-state index in [0.717, 1.165) is 17.7 Å². The lowest BCUT2D eigenvalue weighted by Gasteiger charge is -2.10. The molecule has 1 aliphatic rings. The molecule has 1 fully saturated rings. The molecule has 0 bridgehead atoms. The van der Waals surface area contributed by atoms with E-state index >= 15 is 0 Å². The first-order valence-electron chi connectivity index (χ1n) is 7.50. The van der Waals surface area contributed by atoms with E-state index in [9.17, 15) is 9.90 Å². The molecule has 3 rings (SSSR count). The monoisotopic (exact) mass is 336 g/mol. The van der Waals surface area contributed by atoms with Crippen LogP contribution >= 0.6 is 12.4 Å². The van der Waals surface area contributed by atoms with Gasteiger partial charge in [-0.05, 0) is 30.5 Å². The first-order chi connectivity index (χ1) is 10.7. The lowest BCUT2D eigenvalue weighted by molar-refractivity contribution is -0.122. The molecule has 1 saturated heterocycles. The lowest BCUT2D eigenvalue weighted by atomic mass is 10.2. The van der Waals surface area contributed by atoms with Crippen LogP contribution in [0.5, 0.6) is 0 Å². The van der Waals surface area contributed by atoms with E-state index in [4.69, 9.17) is 0 Å². The summed E-state index contributed by atoms with van der Waals surface area (Å²) in [6.07, 6.45) is 4.58. The lowest BCUT2D eigenvalue weighted by Crippen LogP contribution is -2.41. The molecule has 23 heavy (non-hydrogen) atoms. The predicted molar refractivity (Wildman–Crippen MR) is 89.9 cm³/mol. The summed E-state index contributed by atoms with van der Waals surface area (Å²) < 4.78 is 1.83. The minimum atomic E-state index is -0.417. The van der Waals surface area contributed by atoms with Crippen molar-refractivity contribution in [3.8, 4) is 5.69 Å². The maximum absolute atomic E-state index is 11.9. The number of β-amino-alcohol motifs (C(OH)–C–C–N with tert-alkyl or cyclic N) is 1. The van der Waals surface area contributed by atoms with Gasteiger partial charge in [-0.1, -0.05) is 18.2 Å². The molecule has 1 aromatic heterocycles. The summed E-state index contributed by atoms with van der Waals surface area (Å²) >= 11 is 0. The van der Waals surface area contributed by atoms with E-state index < -0.39 is 6.10 Å². The van der Waals surface area contributed by atoms with Gasteiger partial charge in [-0.25, -0.2) is 4.68 Å². The van der Waals surface area contributed by atoms with Crippen LogP contribution in [0.2, 0.25) is 0 Å². The van der Waals surface area contributed by atoms with Crippen LogP contribution in [0.3, 0.4) is 0 Å². The summed E-state index contributed by atoms with van der Waals surface area (Å²) in [6.45, 7) is 1.05. The van der Waals surface area contributed by atoms with Crippen LogP contribution in [-0.4, -0.2) is 46.0 Å². The van der Waals surface area contributed by atoms with Crippen molar-refractivity contribution in [3.63, 3.8) is 0 Å². The predicted octanol–water partition coefficient (Wildman–Crippen LogP) is 0.676. The number of nitrogens with zero attached hydrogens (tertiary/aromatic N) is 2. The topological polar surface area (TPSA) is 79.2 Å². The van der Waals surface area contributed by atoms with Gasteiger partial charge in [-0.2, -0.15) is 5.10 Å². The number of aliphatic hydroxyl groups excluding tert-OH is 1. The highest BCUT2D eigenvalue weighted by Crippen LogP contribution is 2.08. The number of aliphatic hydroxyl groups is 1. The fraction of sp³-hybridized carbons (Fsp3) is 0.375. The molecule has 0 saturated carbocycles. The SMILES string of the molecule is Cl.O=C(NCCc1cnn(-c2ccccc2)c1)C1CC(O)CN1. The van der Waals surface area contributed by atoms with Crippen LogP contribution in [0.1, 0.15) is 12.0 Å². The van der Waals surface area contributed by atoms with Crippen molar-refractivity contribution in [2.24, 2.45) is 0 Å². The second kappa shape index (κ2) is 8.10. The van der Waals surface area contributed by atoms with Crippen molar-refractivity contribution in [1.29, 1.82) is 0 Å². The van der Waals surface area contributed by atoms with Gasteiger partial charge in [0.05, 0.1) is 24.0 Å². The van der Waals surface area contributed by atoms with Gasteiger partial charge in [-0.15, -0.1) is 12.4 Å². The van der Waals surface area contributed by atoms with Crippen molar-refractivity contribution in [2.75, 3.05) is 13.1 Å². The van der Waals surface area contributed by atoms with Gasteiger partial charge in [0.1, 0.15) is 0 Å². The standard InChI is InChI=1S/C16H20N4O2.ClH/c21-14-8-15(18-10-14)16(22)17-7-6-12-9-19-20(11-12)13-4-2-1-3-5-13;/h1-5,9,11,14-15,18,21H,6-8,10H2,(H,17,22);1H. The number of rotatable bonds is 5. The molecule has 2 unspecified atom stereocenters. The second-order valence-corrected chi connectivity index (χ2v) is 5.52. The van der Waals surface area contributed by atoms with Crippen molar-refractivity contribution >= 4 is 18.3 Å². The molecule has 2 atom stereocenters. The molecule has 1 amide bonds. The van der Waals surface area contributed by atoms with E-state index in [0.29, 0.717) is 19.5 Å². The highest BCUT2D eigenvalue weighted by Gasteiger charge is 2.27. The Morgan fingerprint density at radius 2 is 2.17 bits per heavy atom. The Morgan fingerprint density at radius 3 is 2.87 bits per heavy atom. The van der Waals surface area contributed by atoms with Crippen molar-refractivity contribution in [3.05, 3.63) is 48.3 Å². The van der Waals surface area contributed by atoms with E-state index in [1.165, 1.54) is 0 Å². The van der Waals surface area contributed by atoms with Gasteiger partial charge in [0.15, 0.2) is 0 Å². The van der Waals surface area contributed by atoms with Crippen LogP contribution < -0.4 is 10.6 Å². The molecular weight excluding hydrogens is 316 g/mol. The van der Waals surface area contributed by atoms with Crippen molar-refractivity contribution < 1.29 is 9.90 Å². The van der Waals surface area contributed by atoms with Crippen molar-refractivity contribution in [1.82, 2.24) is 20.4 Å². The number of amides is 1. The number of carbonyl (C=O) groups excluding carboxylic acids is 1. The second-order valence-electron chi connectivity index (χ2n) is 5.52. The average molecular weight is 337 g/mol. The minimum Gasteiger partial charge on any atom is -0.392 e. The Kier molecular flexibility index (Phi) is 6.15. The number of benzene rings is 1. The zero-order valence-electron chi connectivity index (χ0n) is 12.7. The average Bonchev–Trinajstić information content (AvgIpc) is 3.17. The Bertz CT molecular complexity index is 632. The van der Waals surface area contributed by atoms with Gasteiger partial charge >= 0.3 is 0 Å². The summed E-state index contributed by atoms with van der Waals surface area (Å²) in [5, 5.41) is 19.6. The van der Waals surface area contributed by atoms with Crippen LogP contribution in [-0.2, 0) is 11.2 Å². The number of halogens is 1. The zero-order valence-corrected chi connectivity index (χ0v) is 13.5. The fourth-order valence-electron chi connectivity index (χ4n) is 2.58. The third-order valence-corrected chi connectivity index (χ3v) is 3.79. The first-order valence-corrected chi connectivity index (χ1v) is 7.50. The van der Waals surface area contributed by atoms with Crippen LogP contribution in [0.25, 0.3) is 5.69 Å². The molecule has 2 aromatic rings. The highest BCUT2D eigenvalue weighted by molar-refractivity contribution is 5.85. The van der Waals surface area contributed by atoms with Crippen LogP contribution in [0.15, 0.2) is 42.7 Å².